The van der Waals surface area contributed by atoms with Crippen LogP contribution in [0.15, 0.2) is 3.79 Å². The van der Waals surface area contributed by atoms with Gasteiger partial charge in [-0.1, -0.05) is 13.8 Å². The number of carbonyl (C=O) groups excluding carboxylic acids is 1. The van der Waals surface area contributed by atoms with Crippen molar-refractivity contribution >= 4 is 33.6 Å². The van der Waals surface area contributed by atoms with E-state index in [-0.39, 0.29) is 0 Å². The van der Waals surface area contributed by atoms with E-state index in [0.717, 1.165) is 20.8 Å². The van der Waals surface area contributed by atoms with Gasteiger partial charge in [0.05, 0.1) is 14.5 Å². The van der Waals surface area contributed by atoms with Gasteiger partial charge in [0.15, 0.2) is 0 Å². The zero-order valence-corrected chi connectivity index (χ0v) is 9.41. The van der Waals surface area contributed by atoms with E-state index in [2.05, 4.69) is 34.8 Å². The fourth-order valence-corrected chi connectivity index (χ4v) is 2.37. The van der Waals surface area contributed by atoms with Crippen LogP contribution in [-0.2, 0) is 11.2 Å². The van der Waals surface area contributed by atoms with Crippen molar-refractivity contribution in [3.63, 3.8) is 0 Å². The number of carbonyl (C=O) groups is 1. The minimum Gasteiger partial charge on any atom is -0.303 e. The van der Waals surface area contributed by atoms with E-state index in [4.69, 9.17) is 0 Å². The van der Waals surface area contributed by atoms with Gasteiger partial charge in [0.1, 0.15) is 6.29 Å². The molecule has 1 rings (SSSR count). The van der Waals surface area contributed by atoms with Crippen LogP contribution in [-0.4, -0.2) is 11.3 Å². The predicted molar refractivity (Wildman–Crippen MR) is 53.7 cm³/mol. The summed E-state index contributed by atoms with van der Waals surface area (Å²) in [5, 5.41) is 1.08. The van der Waals surface area contributed by atoms with E-state index in [9.17, 15) is 4.79 Å². The fraction of sp³-hybridized carbons (Fsp3) is 0.500. The van der Waals surface area contributed by atoms with Gasteiger partial charge in [-0.15, -0.1) is 11.3 Å². The summed E-state index contributed by atoms with van der Waals surface area (Å²) in [6.45, 7) is 4.19. The Morgan fingerprint density at radius 2 is 2.33 bits per heavy atom. The van der Waals surface area contributed by atoms with Gasteiger partial charge in [-0.05, 0) is 15.9 Å². The molecule has 1 heterocycles. The predicted octanol–water partition coefficient (Wildman–Crippen LogP) is 2.77. The van der Waals surface area contributed by atoms with Gasteiger partial charge in [0, 0.05) is 12.3 Å². The molecule has 0 aliphatic rings. The maximum Gasteiger partial charge on any atom is 0.126 e. The average molecular weight is 248 g/mol. The molecule has 66 valence electrons. The third-order valence-electron chi connectivity index (χ3n) is 1.44. The maximum absolute atomic E-state index is 10.2. The largest absolute Gasteiger partial charge is 0.303 e. The molecule has 0 spiro atoms. The van der Waals surface area contributed by atoms with Crippen molar-refractivity contribution in [2.45, 2.75) is 26.2 Å². The lowest BCUT2D eigenvalue weighted by molar-refractivity contribution is -0.107. The van der Waals surface area contributed by atoms with E-state index in [1.54, 1.807) is 11.3 Å². The van der Waals surface area contributed by atoms with Crippen molar-refractivity contribution < 1.29 is 4.79 Å². The van der Waals surface area contributed by atoms with Crippen LogP contribution >= 0.6 is 27.3 Å². The molecule has 0 bridgehead atoms. The summed E-state index contributed by atoms with van der Waals surface area (Å²) in [6.07, 6.45) is 1.29. The molecule has 0 unspecified atom stereocenters. The number of aromatic nitrogens is 1. The molecule has 0 aliphatic carbocycles. The van der Waals surface area contributed by atoms with E-state index >= 15 is 0 Å². The van der Waals surface area contributed by atoms with Gasteiger partial charge in [0.25, 0.3) is 0 Å². The molecule has 0 atom stereocenters. The number of rotatable bonds is 3. The van der Waals surface area contributed by atoms with Gasteiger partial charge in [-0.3, -0.25) is 0 Å². The summed E-state index contributed by atoms with van der Waals surface area (Å²) >= 11 is 4.99. The van der Waals surface area contributed by atoms with Crippen LogP contribution in [0.3, 0.4) is 0 Å². The Labute approximate surface area is 84.1 Å². The molecule has 1 aromatic rings. The minimum absolute atomic E-state index is 0.407. The molecule has 0 aliphatic heterocycles. The molecule has 0 saturated heterocycles. The van der Waals surface area contributed by atoms with Crippen LogP contribution < -0.4 is 0 Å². The molecule has 1 aromatic heterocycles. The molecule has 0 fully saturated rings. The zero-order chi connectivity index (χ0) is 9.14. The fourth-order valence-electron chi connectivity index (χ4n) is 0.802. The summed E-state index contributed by atoms with van der Waals surface area (Å²) in [7, 11) is 0. The molecular weight excluding hydrogens is 238 g/mol. The summed E-state index contributed by atoms with van der Waals surface area (Å²) < 4.78 is 0.985. The zero-order valence-electron chi connectivity index (χ0n) is 7.00. The third-order valence-corrected chi connectivity index (χ3v) is 3.57. The first-order valence-electron chi connectivity index (χ1n) is 3.74. The first kappa shape index (κ1) is 9.86. The summed E-state index contributed by atoms with van der Waals surface area (Å²) in [5.41, 5.74) is 0.860. The van der Waals surface area contributed by atoms with Crippen molar-refractivity contribution in [1.82, 2.24) is 4.98 Å². The number of halogens is 1. The van der Waals surface area contributed by atoms with Crippen molar-refractivity contribution in [3.8, 4) is 0 Å². The molecular formula is C8H10BrNOS. The molecule has 0 N–H and O–H groups in total. The SMILES string of the molecule is CC(C)c1nc(CC=O)c(Br)s1. The first-order chi connectivity index (χ1) is 5.65. The van der Waals surface area contributed by atoms with E-state index < -0.39 is 0 Å². The van der Waals surface area contributed by atoms with Gasteiger partial charge in [0.2, 0.25) is 0 Å². The first-order valence-corrected chi connectivity index (χ1v) is 5.34. The molecule has 4 heteroatoms. The van der Waals surface area contributed by atoms with E-state index in [0.29, 0.717) is 12.3 Å². The second-order valence-corrected chi connectivity index (χ2v) is 5.15. The Bertz CT molecular complexity index is 283. The number of nitrogens with zero attached hydrogens (tertiary/aromatic N) is 1. The van der Waals surface area contributed by atoms with Gasteiger partial charge in [-0.25, -0.2) is 4.98 Å². The third kappa shape index (κ3) is 2.14. The highest BCUT2D eigenvalue weighted by atomic mass is 79.9. The summed E-state index contributed by atoms with van der Waals surface area (Å²) in [4.78, 5) is 14.6. The van der Waals surface area contributed by atoms with E-state index in [1.165, 1.54) is 0 Å². The topological polar surface area (TPSA) is 30.0 Å². The molecule has 0 aromatic carbocycles. The van der Waals surface area contributed by atoms with Gasteiger partial charge < -0.3 is 4.79 Å². The summed E-state index contributed by atoms with van der Waals surface area (Å²) in [6, 6.07) is 0. The Hall–Kier alpha value is -0.220. The van der Waals surface area contributed by atoms with Crippen LogP contribution in [0.2, 0.25) is 0 Å². The number of hydrogen-bond donors (Lipinski definition) is 0. The van der Waals surface area contributed by atoms with Crippen LogP contribution in [0.4, 0.5) is 0 Å². The Morgan fingerprint density at radius 1 is 1.67 bits per heavy atom. The number of aldehydes is 1. The standard InChI is InChI=1S/C8H10BrNOS/c1-5(2)8-10-6(3-4-11)7(9)12-8/h4-5H,3H2,1-2H3. The van der Waals surface area contributed by atoms with Crippen molar-refractivity contribution in [3.05, 3.63) is 14.5 Å². The minimum atomic E-state index is 0.407. The molecule has 0 saturated carbocycles. The number of hydrogen-bond acceptors (Lipinski definition) is 3. The normalized spacial score (nSPS) is 10.7. The lowest BCUT2D eigenvalue weighted by Gasteiger charge is -1.94. The van der Waals surface area contributed by atoms with Gasteiger partial charge in [-0.2, -0.15) is 0 Å². The van der Waals surface area contributed by atoms with Crippen molar-refractivity contribution in [2.75, 3.05) is 0 Å². The Balaban J connectivity index is 2.91. The quantitative estimate of drug-likeness (QED) is 0.770. The second kappa shape index (κ2) is 4.14. The highest BCUT2D eigenvalue weighted by Crippen LogP contribution is 2.29. The van der Waals surface area contributed by atoms with Crippen molar-refractivity contribution in [2.24, 2.45) is 0 Å². The van der Waals surface area contributed by atoms with Crippen LogP contribution in [0, 0.1) is 0 Å². The monoisotopic (exact) mass is 247 g/mol. The van der Waals surface area contributed by atoms with Crippen LogP contribution in [0.5, 0.6) is 0 Å². The average Bonchev–Trinajstić information content (AvgIpc) is 2.34. The lowest BCUT2D eigenvalue weighted by atomic mass is 10.2. The second-order valence-electron chi connectivity index (χ2n) is 2.80. The number of thiazole rings is 1. The maximum atomic E-state index is 10.2. The van der Waals surface area contributed by atoms with Crippen LogP contribution in [0.1, 0.15) is 30.5 Å². The highest BCUT2D eigenvalue weighted by Gasteiger charge is 2.10. The lowest BCUT2D eigenvalue weighted by Crippen LogP contribution is -1.89. The van der Waals surface area contributed by atoms with Gasteiger partial charge >= 0.3 is 0 Å². The van der Waals surface area contributed by atoms with E-state index in [1.807, 2.05) is 0 Å². The van der Waals surface area contributed by atoms with Crippen molar-refractivity contribution in [1.29, 1.82) is 0 Å². The highest BCUT2D eigenvalue weighted by molar-refractivity contribution is 9.11. The Morgan fingerprint density at radius 3 is 2.75 bits per heavy atom. The smallest absolute Gasteiger partial charge is 0.126 e. The molecule has 12 heavy (non-hydrogen) atoms. The molecule has 0 radical (unpaired) electrons. The van der Waals surface area contributed by atoms with Crippen LogP contribution in [0.25, 0.3) is 0 Å². The summed E-state index contributed by atoms with van der Waals surface area (Å²) in [5.74, 6) is 0.437. The molecule has 0 amide bonds. The Kier molecular flexibility index (Phi) is 3.40. The molecule has 2 nitrogen and oxygen atoms in total.